The number of anilines is 1. The zero-order valence-electron chi connectivity index (χ0n) is 11.1. The lowest BCUT2D eigenvalue weighted by Crippen LogP contribution is -2.01. The van der Waals surface area contributed by atoms with Crippen molar-refractivity contribution in [1.82, 2.24) is 15.0 Å². The summed E-state index contributed by atoms with van der Waals surface area (Å²) in [5.74, 6) is 0. The molecule has 0 unspecified atom stereocenters. The molecule has 0 aliphatic rings. The molecule has 3 rings (SSSR count). The fraction of sp³-hybridized carbons (Fsp3) is 0.133. The Kier molecular flexibility index (Phi) is 3.69. The number of nitrogens with zero attached hydrogens (tertiary/aromatic N) is 3. The molecule has 5 heteroatoms. The first kappa shape index (κ1) is 12.7. The molecule has 0 atom stereocenters. The van der Waals surface area contributed by atoms with Crippen LogP contribution in [0, 0.1) is 6.92 Å². The van der Waals surface area contributed by atoms with Gasteiger partial charge < -0.3 is 5.32 Å². The lowest BCUT2D eigenvalue weighted by atomic mass is 10.1. The van der Waals surface area contributed by atoms with E-state index < -0.39 is 0 Å². The monoisotopic (exact) mass is 282 g/mol. The molecule has 2 heterocycles. The van der Waals surface area contributed by atoms with Crippen LogP contribution in [0.3, 0.4) is 0 Å². The summed E-state index contributed by atoms with van der Waals surface area (Å²) in [5.41, 5.74) is 4.22. The predicted molar refractivity (Wildman–Crippen MR) is 81.6 cm³/mol. The van der Waals surface area contributed by atoms with Crippen molar-refractivity contribution in [2.24, 2.45) is 0 Å². The molecular formula is C15H14N4S. The van der Waals surface area contributed by atoms with E-state index in [4.69, 9.17) is 0 Å². The number of hydrogen-bond donors (Lipinski definition) is 1. The molecule has 1 aromatic carbocycles. The third-order valence-electron chi connectivity index (χ3n) is 2.92. The van der Waals surface area contributed by atoms with Gasteiger partial charge in [0.05, 0.1) is 22.9 Å². The largest absolute Gasteiger partial charge is 0.379 e. The van der Waals surface area contributed by atoms with E-state index in [0.29, 0.717) is 6.54 Å². The average Bonchev–Trinajstić information content (AvgIpc) is 2.93. The van der Waals surface area contributed by atoms with Gasteiger partial charge in [0.15, 0.2) is 0 Å². The molecule has 0 spiro atoms. The highest BCUT2D eigenvalue weighted by Crippen LogP contribution is 2.23. The van der Waals surface area contributed by atoms with Gasteiger partial charge >= 0.3 is 0 Å². The fourth-order valence-electron chi connectivity index (χ4n) is 1.87. The summed E-state index contributed by atoms with van der Waals surface area (Å²) in [7, 11) is 0. The first-order chi connectivity index (χ1) is 9.81. The van der Waals surface area contributed by atoms with E-state index in [1.54, 1.807) is 23.9 Å². The lowest BCUT2D eigenvalue weighted by molar-refractivity contribution is 1.01. The zero-order valence-corrected chi connectivity index (χ0v) is 11.9. The molecule has 0 radical (unpaired) electrons. The smallest absolute Gasteiger partial charge is 0.115 e. The average molecular weight is 282 g/mol. The molecular weight excluding hydrogens is 268 g/mol. The first-order valence-electron chi connectivity index (χ1n) is 6.32. The highest BCUT2D eigenvalue weighted by atomic mass is 32.1. The van der Waals surface area contributed by atoms with Crippen LogP contribution in [0.1, 0.15) is 10.7 Å². The van der Waals surface area contributed by atoms with E-state index in [9.17, 15) is 0 Å². The summed E-state index contributed by atoms with van der Waals surface area (Å²) in [4.78, 5) is 12.6. The standard InChI is InChI=1S/C15H14N4S/c1-11-19-15(9-20-11)12-2-4-13(5-3-12)17-8-14-6-7-16-10-18-14/h2-7,9-10,17H,8H2,1H3. The van der Waals surface area contributed by atoms with Crippen molar-refractivity contribution >= 4 is 17.0 Å². The highest BCUT2D eigenvalue weighted by molar-refractivity contribution is 7.09. The van der Waals surface area contributed by atoms with Crippen LogP contribution >= 0.6 is 11.3 Å². The van der Waals surface area contributed by atoms with Crippen LogP contribution in [0.25, 0.3) is 11.3 Å². The van der Waals surface area contributed by atoms with Gasteiger partial charge in [0, 0.05) is 22.8 Å². The van der Waals surface area contributed by atoms with E-state index in [-0.39, 0.29) is 0 Å². The van der Waals surface area contributed by atoms with Gasteiger partial charge in [-0.3, -0.25) is 0 Å². The second-order valence-corrected chi connectivity index (χ2v) is 5.45. The Morgan fingerprint density at radius 3 is 2.65 bits per heavy atom. The van der Waals surface area contributed by atoms with Crippen molar-refractivity contribution in [1.29, 1.82) is 0 Å². The molecule has 100 valence electrons. The van der Waals surface area contributed by atoms with Gasteiger partial charge in [-0.15, -0.1) is 11.3 Å². The molecule has 0 amide bonds. The molecule has 1 N–H and O–H groups in total. The molecule has 0 aliphatic heterocycles. The maximum Gasteiger partial charge on any atom is 0.115 e. The maximum atomic E-state index is 4.49. The maximum absolute atomic E-state index is 4.49. The third kappa shape index (κ3) is 3.00. The van der Waals surface area contributed by atoms with E-state index in [1.807, 2.05) is 13.0 Å². The van der Waals surface area contributed by atoms with Crippen LogP contribution in [0.5, 0.6) is 0 Å². The quantitative estimate of drug-likeness (QED) is 0.795. The van der Waals surface area contributed by atoms with Crippen LogP contribution in [0.4, 0.5) is 5.69 Å². The Labute approximate surface area is 121 Å². The summed E-state index contributed by atoms with van der Waals surface area (Å²) in [5, 5.41) is 6.51. The summed E-state index contributed by atoms with van der Waals surface area (Å²) >= 11 is 1.67. The summed E-state index contributed by atoms with van der Waals surface area (Å²) < 4.78 is 0. The van der Waals surface area contributed by atoms with Crippen molar-refractivity contribution in [3.63, 3.8) is 0 Å². The Hall–Kier alpha value is -2.27. The molecule has 0 aliphatic carbocycles. The van der Waals surface area contributed by atoms with Crippen molar-refractivity contribution < 1.29 is 0 Å². The summed E-state index contributed by atoms with van der Waals surface area (Å²) in [6.45, 7) is 2.71. The summed E-state index contributed by atoms with van der Waals surface area (Å²) in [6, 6.07) is 10.2. The van der Waals surface area contributed by atoms with Crippen molar-refractivity contribution in [3.8, 4) is 11.3 Å². The Balaban J connectivity index is 1.67. The predicted octanol–water partition coefficient (Wildman–Crippen LogP) is 3.52. The van der Waals surface area contributed by atoms with Crippen LogP contribution in [-0.2, 0) is 6.54 Å². The lowest BCUT2D eigenvalue weighted by Gasteiger charge is -2.06. The van der Waals surface area contributed by atoms with E-state index >= 15 is 0 Å². The number of benzene rings is 1. The normalized spacial score (nSPS) is 10.4. The SMILES string of the molecule is Cc1nc(-c2ccc(NCc3ccncn3)cc2)cs1. The van der Waals surface area contributed by atoms with Gasteiger partial charge in [0.1, 0.15) is 6.33 Å². The van der Waals surface area contributed by atoms with Crippen molar-refractivity contribution in [3.05, 3.63) is 58.9 Å². The molecule has 0 saturated carbocycles. The Morgan fingerprint density at radius 2 is 2.00 bits per heavy atom. The van der Waals surface area contributed by atoms with Crippen LogP contribution in [0.2, 0.25) is 0 Å². The first-order valence-corrected chi connectivity index (χ1v) is 7.20. The van der Waals surface area contributed by atoms with Gasteiger partial charge in [-0.2, -0.15) is 0 Å². The number of aromatic nitrogens is 3. The molecule has 4 nitrogen and oxygen atoms in total. The third-order valence-corrected chi connectivity index (χ3v) is 3.69. The number of thiazole rings is 1. The highest BCUT2D eigenvalue weighted by Gasteiger charge is 2.02. The Morgan fingerprint density at radius 1 is 1.15 bits per heavy atom. The van der Waals surface area contributed by atoms with Crippen molar-refractivity contribution in [2.75, 3.05) is 5.32 Å². The topological polar surface area (TPSA) is 50.7 Å². The van der Waals surface area contributed by atoms with Crippen LogP contribution in [-0.4, -0.2) is 15.0 Å². The van der Waals surface area contributed by atoms with E-state index in [2.05, 4.69) is 49.9 Å². The van der Waals surface area contributed by atoms with Gasteiger partial charge in [-0.25, -0.2) is 15.0 Å². The minimum Gasteiger partial charge on any atom is -0.379 e. The zero-order chi connectivity index (χ0) is 13.8. The molecule has 2 aromatic heterocycles. The van der Waals surface area contributed by atoms with Crippen molar-refractivity contribution in [2.45, 2.75) is 13.5 Å². The Bertz CT molecular complexity index is 677. The van der Waals surface area contributed by atoms with E-state index in [1.165, 1.54) is 0 Å². The second-order valence-electron chi connectivity index (χ2n) is 4.38. The van der Waals surface area contributed by atoms with Crippen LogP contribution < -0.4 is 5.32 Å². The van der Waals surface area contributed by atoms with Gasteiger partial charge in [0.25, 0.3) is 0 Å². The molecule has 0 bridgehead atoms. The van der Waals surface area contributed by atoms with E-state index in [0.717, 1.165) is 27.6 Å². The molecule has 0 fully saturated rings. The minimum absolute atomic E-state index is 0.692. The van der Waals surface area contributed by atoms with Gasteiger partial charge in [0.2, 0.25) is 0 Å². The fourth-order valence-corrected chi connectivity index (χ4v) is 2.49. The molecule has 0 saturated heterocycles. The second kappa shape index (κ2) is 5.79. The number of aryl methyl sites for hydroxylation is 1. The number of nitrogens with one attached hydrogen (secondary N) is 1. The van der Waals surface area contributed by atoms with Gasteiger partial charge in [-0.05, 0) is 25.1 Å². The van der Waals surface area contributed by atoms with Crippen LogP contribution in [0.15, 0.2) is 48.2 Å². The number of rotatable bonds is 4. The van der Waals surface area contributed by atoms with Gasteiger partial charge in [-0.1, -0.05) is 12.1 Å². The summed E-state index contributed by atoms with van der Waals surface area (Å²) in [6.07, 6.45) is 3.31. The molecule has 3 aromatic rings. The molecule has 20 heavy (non-hydrogen) atoms. The number of hydrogen-bond acceptors (Lipinski definition) is 5. The minimum atomic E-state index is 0.692.